The van der Waals surface area contributed by atoms with Crippen molar-refractivity contribution in [3.05, 3.63) is 12.4 Å². The Morgan fingerprint density at radius 2 is 2.38 bits per heavy atom. The van der Waals surface area contributed by atoms with E-state index >= 15 is 0 Å². The highest BCUT2D eigenvalue weighted by Gasteiger charge is 2.31. The summed E-state index contributed by atoms with van der Waals surface area (Å²) in [7, 11) is 0. The molecule has 0 atom stereocenters. The summed E-state index contributed by atoms with van der Waals surface area (Å²) in [4.78, 5) is 12.8. The Balaban J connectivity index is 1.89. The Morgan fingerprint density at radius 1 is 1.62 bits per heavy atom. The Bertz CT molecular complexity index is 293. The van der Waals surface area contributed by atoms with Crippen LogP contribution in [0.3, 0.4) is 0 Å². The van der Waals surface area contributed by atoms with Crippen LogP contribution in [-0.2, 0) is 4.79 Å². The topological polar surface area (TPSA) is 51.0 Å². The second-order valence-corrected chi connectivity index (χ2v) is 3.24. The van der Waals surface area contributed by atoms with Gasteiger partial charge in [0, 0.05) is 19.3 Å². The van der Waals surface area contributed by atoms with Gasteiger partial charge in [-0.3, -0.25) is 4.79 Å². The van der Waals surface area contributed by atoms with Gasteiger partial charge in [0.2, 0.25) is 5.91 Å². The first kappa shape index (κ1) is 8.50. The molecular weight excluding hydrogens is 192 g/mol. The Hall–Kier alpha value is -1.10. The summed E-state index contributed by atoms with van der Waals surface area (Å²) in [6.07, 6.45) is 3.43. The van der Waals surface area contributed by atoms with Crippen LogP contribution in [0.5, 0.6) is 0 Å². The minimum atomic E-state index is -0.0157. The summed E-state index contributed by atoms with van der Waals surface area (Å²) in [5, 5.41) is 7.55. The van der Waals surface area contributed by atoms with Gasteiger partial charge in [-0.2, -0.15) is 0 Å². The van der Waals surface area contributed by atoms with Gasteiger partial charge in [0.1, 0.15) is 5.88 Å². The number of amides is 1. The standard InChI is InChI=1S/C7H9ClN4O/c8-3-7(13)11-4-6(5-11)12-2-1-9-10-12/h1-2,6H,3-5H2. The van der Waals surface area contributed by atoms with Crippen LogP contribution in [0.4, 0.5) is 0 Å². The molecule has 0 spiro atoms. The van der Waals surface area contributed by atoms with Crippen LogP contribution < -0.4 is 0 Å². The molecule has 1 aromatic rings. The first-order chi connectivity index (χ1) is 6.31. The number of rotatable bonds is 2. The van der Waals surface area contributed by atoms with E-state index in [1.807, 2.05) is 0 Å². The van der Waals surface area contributed by atoms with Crippen LogP contribution in [0.25, 0.3) is 0 Å². The van der Waals surface area contributed by atoms with E-state index in [2.05, 4.69) is 10.3 Å². The SMILES string of the molecule is O=C(CCl)N1CC(n2ccnn2)C1. The number of likely N-dealkylation sites (tertiary alicyclic amines) is 1. The number of alkyl halides is 1. The molecule has 6 heteroatoms. The van der Waals surface area contributed by atoms with Crippen LogP contribution in [0.1, 0.15) is 6.04 Å². The van der Waals surface area contributed by atoms with Crippen LogP contribution in [0.2, 0.25) is 0 Å². The predicted octanol–water partition coefficient (Wildman–Crippen LogP) is -0.0998. The number of aromatic nitrogens is 3. The average molecular weight is 201 g/mol. The van der Waals surface area contributed by atoms with E-state index in [0.29, 0.717) is 13.1 Å². The van der Waals surface area contributed by atoms with E-state index in [9.17, 15) is 4.79 Å². The first-order valence-corrected chi connectivity index (χ1v) is 4.54. The summed E-state index contributed by atoms with van der Waals surface area (Å²) >= 11 is 5.41. The summed E-state index contributed by atoms with van der Waals surface area (Å²) in [6.45, 7) is 1.38. The fourth-order valence-corrected chi connectivity index (χ4v) is 1.49. The van der Waals surface area contributed by atoms with Gasteiger partial charge in [0.25, 0.3) is 0 Å². The molecule has 1 aliphatic heterocycles. The van der Waals surface area contributed by atoms with Gasteiger partial charge < -0.3 is 4.90 Å². The second kappa shape index (κ2) is 3.33. The van der Waals surface area contributed by atoms with E-state index in [1.54, 1.807) is 22.0 Å². The zero-order valence-electron chi connectivity index (χ0n) is 6.93. The summed E-state index contributed by atoms with van der Waals surface area (Å²) in [5.41, 5.74) is 0. The maximum absolute atomic E-state index is 11.1. The summed E-state index contributed by atoms with van der Waals surface area (Å²) < 4.78 is 1.76. The second-order valence-electron chi connectivity index (χ2n) is 2.97. The van der Waals surface area contributed by atoms with Crippen molar-refractivity contribution in [1.29, 1.82) is 0 Å². The quantitative estimate of drug-likeness (QED) is 0.627. The molecule has 1 aliphatic rings. The van der Waals surface area contributed by atoms with Crippen LogP contribution in [0, 0.1) is 0 Å². The van der Waals surface area contributed by atoms with Gasteiger partial charge in [-0.1, -0.05) is 5.21 Å². The monoisotopic (exact) mass is 200 g/mol. The van der Waals surface area contributed by atoms with Gasteiger partial charge in [-0.05, 0) is 0 Å². The summed E-state index contributed by atoms with van der Waals surface area (Å²) in [5.74, 6) is 0.0439. The smallest absolute Gasteiger partial charge is 0.237 e. The lowest BCUT2D eigenvalue weighted by Gasteiger charge is -2.38. The number of nitrogens with zero attached hydrogens (tertiary/aromatic N) is 4. The van der Waals surface area contributed by atoms with Crippen molar-refractivity contribution in [2.45, 2.75) is 6.04 Å². The van der Waals surface area contributed by atoms with Gasteiger partial charge >= 0.3 is 0 Å². The zero-order chi connectivity index (χ0) is 9.26. The molecule has 0 unspecified atom stereocenters. The first-order valence-electron chi connectivity index (χ1n) is 4.01. The van der Waals surface area contributed by atoms with Crippen LogP contribution in [-0.4, -0.2) is 44.8 Å². The Kier molecular flexibility index (Phi) is 2.18. The maximum atomic E-state index is 11.1. The summed E-state index contributed by atoms with van der Waals surface area (Å²) in [6, 6.07) is 0.273. The van der Waals surface area contributed by atoms with E-state index < -0.39 is 0 Å². The number of hydrogen-bond acceptors (Lipinski definition) is 3. The molecule has 5 nitrogen and oxygen atoms in total. The Morgan fingerprint density at radius 3 is 2.92 bits per heavy atom. The lowest BCUT2D eigenvalue weighted by atomic mass is 10.1. The number of halogens is 1. The fourth-order valence-electron chi connectivity index (χ4n) is 1.32. The van der Waals surface area contributed by atoms with E-state index in [1.165, 1.54) is 0 Å². The number of carbonyl (C=O) groups excluding carboxylic acids is 1. The van der Waals surface area contributed by atoms with Gasteiger partial charge in [0.05, 0.1) is 12.2 Å². The molecule has 0 bridgehead atoms. The lowest BCUT2D eigenvalue weighted by Crippen LogP contribution is -2.51. The van der Waals surface area contributed by atoms with E-state index in [4.69, 9.17) is 11.6 Å². The van der Waals surface area contributed by atoms with Gasteiger partial charge in [-0.15, -0.1) is 16.7 Å². The van der Waals surface area contributed by atoms with Crippen molar-refractivity contribution in [3.63, 3.8) is 0 Å². The maximum Gasteiger partial charge on any atom is 0.237 e. The Labute approximate surface area is 80.3 Å². The predicted molar refractivity (Wildman–Crippen MR) is 46.4 cm³/mol. The normalized spacial score (nSPS) is 17.2. The van der Waals surface area contributed by atoms with Crippen molar-refractivity contribution >= 4 is 17.5 Å². The number of carbonyl (C=O) groups is 1. The zero-order valence-corrected chi connectivity index (χ0v) is 7.68. The molecule has 0 saturated carbocycles. The van der Waals surface area contributed by atoms with Crippen molar-refractivity contribution in [2.75, 3.05) is 19.0 Å². The molecular formula is C7H9ClN4O. The minimum absolute atomic E-state index is 0.0157. The molecule has 0 aromatic carbocycles. The molecule has 2 heterocycles. The molecule has 1 aromatic heterocycles. The molecule has 0 aliphatic carbocycles. The molecule has 0 radical (unpaired) electrons. The molecule has 2 rings (SSSR count). The van der Waals surface area contributed by atoms with E-state index in [-0.39, 0.29) is 17.8 Å². The average Bonchev–Trinajstić information content (AvgIpc) is 2.54. The molecule has 1 saturated heterocycles. The van der Waals surface area contributed by atoms with Crippen molar-refractivity contribution in [1.82, 2.24) is 19.9 Å². The van der Waals surface area contributed by atoms with Crippen LogP contribution in [0.15, 0.2) is 12.4 Å². The highest BCUT2D eigenvalue weighted by Crippen LogP contribution is 2.19. The highest BCUT2D eigenvalue weighted by atomic mass is 35.5. The van der Waals surface area contributed by atoms with Crippen LogP contribution >= 0.6 is 11.6 Å². The largest absolute Gasteiger partial charge is 0.337 e. The van der Waals surface area contributed by atoms with Gasteiger partial charge in [0.15, 0.2) is 0 Å². The molecule has 1 fully saturated rings. The molecule has 70 valence electrons. The molecule has 1 amide bonds. The van der Waals surface area contributed by atoms with E-state index in [0.717, 1.165) is 0 Å². The highest BCUT2D eigenvalue weighted by molar-refractivity contribution is 6.27. The van der Waals surface area contributed by atoms with Gasteiger partial charge in [-0.25, -0.2) is 4.68 Å². The van der Waals surface area contributed by atoms with Crippen molar-refractivity contribution in [2.24, 2.45) is 0 Å². The molecule has 0 N–H and O–H groups in total. The number of hydrogen-bond donors (Lipinski definition) is 0. The lowest BCUT2D eigenvalue weighted by molar-refractivity contribution is -0.134. The minimum Gasteiger partial charge on any atom is -0.337 e. The third kappa shape index (κ3) is 1.51. The fraction of sp³-hybridized carbons (Fsp3) is 0.571. The third-order valence-electron chi connectivity index (χ3n) is 2.14. The third-order valence-corrected chi connectivity index (χ3v) is 2.37. The van der Waals surface area contributed by atoms with Crippen molar-refractivity contribution < 1.29 is 4.79 Å². The van der Waals surface area contributed by atoms with Crippen molar-refractivity contribution in [3.8, 4) is 0 Å². The molecule has 13 heavy (non-hydrogen) atoms.